The Bertz CT molecular complexity index is 1590. The number of ether oxygens (including phenoxy) is 3. The van der Waals surface area contributed by atoms with E-state index in [1.165, 1.54) is 347 Å². The zero-order chi connectivity index (χ0) is 67.2. The molecule has 1 amide bonds. The third-order valence-corrected chi connectivity index (χ3v) is 19.8. The molecule has 1 aliphatic rings. The summed E-state index contributed by atoms with van der Waals surface area (Å²) in [5, 5.41) is 54.4. The van der Waals surface area contributed by atoms with Gasteiger partial charge in [-0.2, -0.15) is 0 Å². The maximum Gasteiger partial charge on any atom is 0.305 e. The van der Waals surface area contributed by atoms with E-state index in [1.54, 1.807) is 6.08 Å². The van der Waals surface area contributed by atoms with Crippen LogP contribution in [0.4, 0.5) is 0 Å². The second-order valence-corrected chi connectivity index (χ2v) is 28.8. The predicted molar refractivity (Wildman–Crippen MR) is 394 cm³/mol. The van der Waals surface area contributed by atoms with Crippen molar-refractivity contribution in [2.45, 2.75) is 468 Å². The number of aliphatic hydroxyl groups excluding tert-OH is 5. The van der Waals surface area contributed by atoms with Gasteiger partial charge in [-0.3, -0.25) is 9.59 Å². The van der Waals surface area contributed by atoms with Gasteiger partial charge in [0.05, 0.1) is 32.0 Å². The maximum atomic E-state index is 13.0. The summed E-state index contributed by atoms with van der Waals surface area (Å²) in [4.78, 5) is 25.2. The second kappa shape index (κ2) is 71.4. The Morgan fingerprint density at radius 1 is 0.387 bits per heavy atom. The van der Waals surface area contributed by atoms with E-state index in [9.17, 15) is 35.1 Å². The zero-order valence-electron chi connectivity index (χ0n) is 61.5. The van der Waals surface area contributed by atoms with Gasteiger partial charge in [0.25, 0.3) is 0 Å². The van der Waals surface area contributed by atoms with Crippen LogP contribution in [-0.2, 0) is 23.8 Å². The number of rotatable bonds is 74. The molecule has 1 aliphatic heterocycles. The minimum atomic E-state index is -1.57. The van der Waals surface area contributed by atoms with Crippen LogP contribution < -0.4 is 5.32 Å². The standard InChI is InChI=1S/C82H157NO10/c1-3-5-7-9-11-13-15-16-17-44-47-50-54-58-62-66-70-78(87)91-71-67-63-59-55-51-48-45-42-40-38-36-34-32-30-28-26-24-22-20-18-19-21-23-25-27-29-31-33-35-37-39-41-43-46-49-53-57-61-65-69-77(86)83-74(73-92-82-81(90)80(89)79(88)76(72-84)93-82)75(85)68-64-60-56-52-14-12-10-8-6-4-2/h18-19,64,68,74-76,79-82,84-85,88-90H,3-17,20-63,65-67,69-73H2,1-2H3,(H,83,86)/b19-18-,68-64+. The van der Waals surface area contributed by atoms with Gasteiger partial charge in [-0.1, -0.05) is 378 Å². The first kappa shape index (κ1) is 89.2. The largest absolute Gasteiger partial charge is 0.466 e. The number of nitrogens with one attached hydrogen (secondary N) is 1. The lowest BCUT2D eigenvalue weighted by Crippen LogP contribution is -2.60. The Morgan fingerprint density at radius 3 is 1.03 bits per heavy atom. The topological polar surface area (TPSA) is 175 Å². The Labute approximate surface area is 575 Å². The molecule has 6 N–H and O–H groups in total. The molecule has 0 radical (unpaired) electrons. The van der Waals surface area contributed by atoms with Crippen LogP contribution in [-0.4, -0.2) is 100 Å². The molecule has 7 atom stereocenters. The fourth-order valence-corrected chi connectivity index (χ4v) is 13.4. The molecule has 0 aromatic rings. The first-order valence-corrected chi connectivity index (χ1v) is 41.1. The number of esters is 1. The van der Waals surface area contributed by atoms with Crippen molar-refractivity contribution in [1.82, 2.24) is 5.32 Å². The van der Waals surface area contributed by atoms with Gasteiger partial charge in [-0.15, -0.1) is 0 Å². The van der Waals surface area contributed by atoms with E-state index in [0.717, 1.165) is 51.4 Å². The van der Waals surface area contributed by atoms with E-state index in [1.807, 2.05) is 6.08 Å². The molecule has 11 nitrogen and oxygen atoms in total. The van der Waals surface area contributed by atoms with Crippen molar-refractivity contribution in [3.63, 3.8) is 0 Å². The SMILES string of the molecule is CCCCCCCCCC/C=C/C(O)C(COC1OC(CO)C(O)C(O)C1O)NC(=O)CCCCCCCCCCCCCCCCCCC/C=C\CCCCCCCCCCCCCCCCCCCCOC(=O)CCCCCCCCCCCCCCCCCC. The monoisotopic (exact) mass is 1320 g/mol. The minimum Gasteiger partial charge on any atom is -0.466 e. The van der Waals surface area contributed by atoms with Gasteiger partial charge in [-0.25, -0.2) is 0 Å². The molecule has 1 heterocycles. The molecule has 1 saturated heterocycles. The highest BCUT2D eigenvalue weighted by Gasteiger charge is 2.44. The van der Waals surface area contributed by atoms with Crippen LogP contribution in [0.5, 0.6) is 0 Å². The maximum absolute atomic E-state index is 13.0. The van der Waals surface area contributed by atoms with Crippen molar-refractivity contribution in [3.8, 4) is 0 Å². The molecule has 7 unspecified atom stereocenters. The van der Waals surface area contributed by atoms with E-state index >= 15 is 0 Å². The summed E-state index contributed by atoms with van der Waals surface area (Å²) in [5.41, 5.74) is 0. The van der Waals surface area contributed by atoms with Crippen molar-refractivity contribution in [2.24, 2.45) is 0 Å². The lowest BCUT2D eigenvalue weighted by Gasteiger charge is -2.40. The molecule has 1 fully saturated rings. The highest BCUT2D eigenvalue weighted by atomic mass is 16.7. The average Bonchev–Trinajstić information content (AvgIpc) is 0.887. The molecule has 0 aromatic heterocycles. The molecule has 0 bridgehead atoms. The number of allylic oxidation sites excluding steroid dienone is 3. The Balaban J connectivity index is 1.85. The summed E-state index contributed by atoms with van der Waals surface area (Å²) in [6, 6.07) is -0.805. The smallest absolute Gasteiger partial charge is 0.305 e. The second-order valence-electron chi connectivity index (χ2n) is 28.8. The first-order valence-electron chi connectivity index (χ1n) is 41.1. The molecule has 550 valence electrons. The minimum absolute atomic E-state index is 0.0212. The highest BCUT2D eigenvalue weighted by Crippen LogP contribution is 2.24. The molecule has 1 rings (SSSR count). The van der Waals surface area contributed by atoms with Gasteiger partial charge in [0.2, 0.25) is 5.91 Å². The summed E-state index contributed by atoms with van der Waals surface area (Å²) >= 11 is 0. The Kier molecular flexibility index (Phi) is 68.5. The number of carbonyl (C=O) groups excluding carboxylic acids is 2. The third kappa shape index (κ3) is 59.9. The number of hydrogen-bond acceptors (Lipinski definition) is 10. The molecule has 0 saturated carbocycles. The van der Waals surface area contributed by atoms with Gasteiger partial charge >= 0.3 is 5.97 Å². The highest BCUT2D eigenvalue weighted by molar-refractivity contribution is 5.76. The van der Waals surface area contributed by atoms with Crippen LogP contribution in [0.15, 0.2) is 24.3 Å². The lowest BCUT2D eigenvalue weighted by molar-refractivity contribution is -0.302. The molecular formula is C82H157NO10. The average molecular weight is 1320 g/mol. The van der Waals surface area contributed by atoms with Crippen LogP contribution >= 0.6 is 0 Å². The molecular weight excluding hydrogens is 1160 g/mol. The van der Waals surface area contributed by atoms with E-state index in [0.29, 0.717) is 19.4 Å². The molecule has 0 aromatic carbocycles. The van der Waals surface area contributed by atoms with Gasteiger partial charge < -0.3 is 45.1 Å². The molecule has 0 spiro atoms. The Hall–Kier alpha value is -1.86. The van der Waals surface area contributed by atoms with Crippen molar-refractivity contribution in [3.05, 3.63) is 24.3 Å². The molecule has 93 heavy (non-hydrogen) atoms. The summed E-state index contributed by atoms with van der Waals surface area (Å²) in [7, 11) is 0. The van der Waals surface area contributed by atoms with E-state index in [-0.39, 0.29) is 18.5 Å². The molecule has 11 heteroatoms. The zero-order valence-corrected chi connectivity index (χ0v) is 61.5. The van der Waals surface area contributed by atoms with Crippen LogP contribution in [0.2, 0.25) is 0 Å². The van der Waals surface area contributed by atoms with Crippen molar-refractivity contribution in [1.29, 1.82) is 0 Å². The quantitative estimate of drug-likeness (QED) is 0.0195. The summed E-state index contributed by atoms with van der Waals surface area (Å²) in [5.74, 6) is -0.155. The normalized spacial score (nSPS) is 17.5. The summed E-state index contributed by atoms with van der Waals surface area (Å²) < 4.78 is 16.8. The van der Waals surface area contributed by atoms with Crippen LogP contribution in [0.1, 0.15) is 425 Å². The van der Waals surface area contributed by atoms with E-state index < -0.39 is 49.5 Å². The van der Waals surface area contributed by atoms with Gasteiger partial charge in [0.1, 0.15) is 24.4 Å². The van der Waals surface area contributed by atoms with Crippen LogP contribution in [0.3, 0.4) is 0 Å². The number of aliphatic hydroxyl groups is 5. The van der Waals surface area contributed by atoms with Crippen molar-refractivity contribution >= 4 is 11.9 Å². The summed E-state index contributed by atoms with van der Waals surface area (Å²) in [6.07, 6.45) is 82.4. The van der Waals surface area contributed by atoms with Crippen LogP contribution in [0, 0.1) is 0 Å². The molecule has 0 aliphatic carbocycles. The lowest BCUT2D eigenvalue weighted by atomic mass is 9.99. The predicted octanol–water partition coefficient (Wildman–Crippen LogP) is 22.3. The third-order valence-electron chi connectivity index (χ3n) is 19.8. The fraction of sp³-hybridized carbons (Fsp3) is 0.927. The van der Waals surface area contributed by atoms with Crippen molar-refractivity contribution in [2.75, 3.05) is 19.8 Å². The van der Waals surface area contributed by atoms with Gasteiger partial charge in [0, 0.05) is 12.8 Å². The van der Waals surface area contributed by atoms with Crippen molar-refractivity contribution < 1.29 is 49.3 Å². The number of amides is 1. The number of carbonyl (C=O) groups is 2. The van der Waals surface area contributed by atoms with Crippen LogP contribution in [0.25, 0.3) is 0 Å². The Morgan fingerprint density at radius 2 is 0.688 bits per heavy atom. The summed E-state index contributed by atoms with van der Waals surface area (Å²) in [6.45, 7) is 4.39. The first-order chi connectivity index (χ1) is 45.7. The number of unbranched alkanes of at least 4 members (excludes halogenated alkanes) is 58. The van der Waals surface area contributed by atoms with E-state index in [2.05, 4.69) is 31.3 Å². The van der Waals surface area contributed by atoms with Gasteiger partial charge in [-0.05, 0) is 57.8 Å². The van der Waals surface area contributed by atoms with Gasteiger partial charge in [0.15, 0.2) is 6.29 Å². The van der Waals surface area contributed by atoms with E-state index in [4.69, 9.17) is 14.2 Å². The fourth-order valence-electron chi connectivity index (χ4n) is 13.4. The number of hydrogen-bond donors (Lipinski definition) is 6.